The molecule has 0 spiro atoms. The fourth-order valence-corrected chi connectivity index (χ4v) is 1.83. The number of hydrogen-bond donors (Lipinski definition) is 1. The van der Waals surface area contributed by atoms with Crippen LogP contribution >= 0.6 is 0 Å². The maximum Gasteiger partial charge on any atom is 0.218 e. The Balaban J connectivity index is 1.81. The summed E-state index contributed by atoms with van der Waals surface area (Å²) in [6, 6.07) is 5.63. The number of nitrogens with zero attached hydrogens (tertiary/aromatic N) is 3. The average molecular weight is 288 g/mol. The standard InChI is InChI=1S/C15H20N4O2/c1-2-20-11-14-18-13(16)10-15(19-14)21-9-3-4-12-5-7-17-8-6-12/h5-8,10H,2-4,9,11H2,1H3,(H2,16,18,19). The highest BCUT2D eigenvalue weighted by Gasteiger charge is 2.04. The van der Waals surface area contributed by atoms with Crippen molar-refractivity contribution < 1.29 is 9.47 Å². The summed E-state index contributed by atoms with van der Waals surface area (Å²) in [4.78, 5) is 12.4. The molecule has 2 aromatic heterocycles. The van der Waals surface area contributed by atoms with Crippen LogP contribution in [0, 0.1) is 0 Å². The van der Waals surface area contributed by atoms with Crippen LogP contribution < -0.4 is 10.5 Å². The van der Waals surface area contributed by atoms with Crippen molar-refractivity contribution in [2.24, 2.45) is 0 Å². The number of ether oxygens (including phenoxy) is 2. The molecule has 21 heavy (non-hydrogen) atoms. The van der Waals surface area contributed by atoms with Crippen LogP contribution in [0.1, 0.15) is 24.7 Å². The zero-order chi connectivity index (χ0) is 14.9. The molecule has 2 aromatic rings. The fourth-order valence-electron chi connectivity index (χ4n) is 1.83. The molecule has 112 valence electrons. The van der Waals surface area contributed by atoms with E-state index >= 15 is 0 Å². The Morgan fingerprint density at radius 1 is 1.19 bits per heavy atom. The number of rotatable bonds is 8. The third-order valence-electron chi connectivity index (χ3n) is 2.81. The zero-order valence-corrected chi connectivity index (χ0v) is 12.2. The molecule has 6 nitrogen and oxygen atoms in total. The molecule has 0 aliphatic carbocycles. The predicted molar refractivity (Wildman–Crippen MR) is 79.8 cm³/mol. The Kier molecular flexibility index (Phi) is 5.90. The molecule has 0 fully saturated rings. The van der Waals surface area contributed by atoms with E-state index in [-0.39, 0.29) is 0 Å². The van der Waals surface area contributed by atoms with Gasteiger partial charge in [0.2, 0.25) is 5.88 Å². The van der Waals surface area contributed by atoms with Crippen molar-refractivity contribution >= 4 is 5.82 Å². The average Bonchev–Trinajstić information content (AvgIpc) is 2.50. The monoisotopic (exact) mass is 288 g/mol. The number of anilines is 1. The molecule has 0 amide bonds. The molecule has 0 aromatic carbocycles. The van der Waals surface area contributed by atoms with Crippen LogP contribution in [0.3, 0.4) is 0 Å². The topological polar surface area (TPSA) is 83.2 Å². The van der Waals surface area contributed by atoms with Gasteiger partial charge in [0.05, 0.1) is 6.61 Å². The van der Waals surface area contributed by atoms with Gasteiger partial charge in [0.25, 0.3) is 0 Å². The maximum absolute atomic E-state index is 5.73. The van der Waals surface area contributed by atoms with Gasteiger partial charge in [0, 0.05) is 25.1 Å². The Morgan fingerprint density at radius 2 is 2.00 bits per heavy atom. The Hall–Kier alpha value is -2.21. The molecule has 0 bridgehead atoms. The van der Waals surface area contributed by atoms with E-state index < -0.39 is 0 Å². The molecule has 0 atom stereocenters. The lowest BCUT2D eigenvalue weighted by atomic mass is 10.1. The van der Waals surface area contributed by atoms with E-state index in [1.54, 1.807) is 18.5 Å². The van der Waals surface area contributed by atoms with Crippen LogP contribution in [-0.4, -0.2) is 28.2 Å². The molecule has 0 unspecified atom stereocenters. The quantitative estimate of drug-likeness (QED) is 0.748. The Labute approximate surface area is 124 Å². The minimum absolute atomic E-state index is 0.342. The van der Waals surface area contributed by atoms with E-state index in [1.807, 2.05) is 19.1 Å². The van der Waals surface area contributed by atoms with Crippen molar-refractivity contribution in [1.29, 1.82) is 0 Å². The zero-order valence-electron chi connectivity index (χ0n) is 12.2. The van der Waals surface area contributed by atoms with Gasteiger partial charge in [-0.1, -0.05) is 0 Å². The van der Waals surface area contributed by atoms with Crippen molar-refractivity contribution in [3.63, 3.8) is 0 Å². The highest BCUT2D eigenvalue weighted by molar-refractivity contribution is 5.32. The van der Waals surface area contributed by atoms with Gasteiger partial charge in [-0.05, 0) is 37.5 Å². The number of pyridine rings is 1. The first-order valence-corrected chi connectivity index (χ1v) is 7.01. The van der Waals surface area contributed by atoms with E-state index in [0.29, 0.717) is 37.3 Å². The summed E-state index contributed by atoms with van der Waals surface area (Å²) in [5.74, 6) is 1.43. The van der Waals surface area contributed by atoms with Crippen molar-refractivity contribution in [2.75, 3.05) is 18.9 Å². The highest BCUT2D eigenvalue weighted by atomic mass is 16.5. The maximum atomic E-state index is 5.73. The van der Waals surface area contributed by atoms with Crippen molar-refractivity contribution in [1.82, 2.24) is 15.0 Å². The van der Waals surface area contributed by atoms with Crippen molar-refractivity contribution in [3.8, 4) is 5.88 Å². The Bertz CT molecular complexity index is 549. The summed E-state index contributed by atoms with van der Waals surface area (Å²) in [6.07, 6.45) is 5.42. The minimum Gasteiger partial charge on any atom is -0.478 e. The number of aryl methyl sites for hydroxylation is 1. The van der Waals surface area contributed by atoms with Crippen LogP contribution in [0.25, 0.3) is 0 Å². The largest absolute Gasteiger partial charge is 0.478 e. The summed E-state index contributed by atoms with van der Waals surface area (Å²) in [5.41, 5.74) is 6.98. The summed E-state index contributed by atoms with van der Waals surface area (Å²) < 4.78 is 10.9. The third-order valence-corrected chi connectivity index (χ3v) is 2.81. The molecule has 2 N–H and O–H groups in total. The molecule has 0 aliphatic heterocycles. The third kappa shape index (κ3) is 5.35. The van der Waals surface area contributed by atoms with Gasteiger partial charge in [-0.2, -0.15) is 4.98 Å². The number of nitrogens with two attached hydrogens (primary N) is 1. The molecular formula is C15H20N4O2. The van der Waals surface area contributed by atoms with Crippen molar-refractivity contribution in [3.05, 3.63) is 42.0 Å². The molecule has 0 saturated heterocycles. The first-order chi connectivity index (χ1) is 10.3. The van der Waals surface area contributed by atoms with Crippen LogP contribution in [0.4, 0.5) is 5.82 Å². The minimum atomic E-state index is 0.342. The molecule has 2 rings (SSSR count). The van der Waals surface area contributed by atoms with Gasteiger partial charge in [0.15, 0.2) is 5.82 Å². The summed E-state index contributed by atoms with van der Waals surface area (Å²) in [5, 5.41) is 0. The smallest absolute Gasteiger partial charge is 0.218 e. The van der Waals surface area contributed by atoms with Crippen molar-refractivity contribution in [2.45, 2.75) is 26.4 Å². The van der Waals surface area contributed by atoms with E-state index in [1.165, 1.54) is 5.56 Å². The second-order valence-electron chi connectivity index (χ2n) is 4.49. The van der Waals surface area contributed by atoms with Gasteiger partial charge in [-0.15, -0.1) is 0 Å². The molecular weight excluding hydrogens is 268 g/mol. The molecule has 0 radical (unpaired) electrons. The van der Waals surface area contributed by atoms with E-state index in [2.05, 4.69) is 15.0 Å². The van der Waals surface area contributed by atoms with Gasteiger partial charge in [0.1, 0.15) is 12.4 Å². The summed E-state index contributed by atoms with van der Waals surface area (Å²) >= 11 is 0. The van der Waals surface area contributed by atoms with E-state index in [0.717, 1.165) is 12.8 Å². The van der Waals surface area contributed by atoms with E-state index in [4.69, 9.17) is 15.2 Å². The SMILES string of the molecule is CCOCc1nc(N)cc(OCCCc2ccncc2)n1. The first kappa shape index (κ1) is 15.2. The second-order valence-corrected chi connectivity index (χ2v) is 4.49. The lowest BCUT2D eigenvalue weighted by molar-refractivity contribution is 0.127. The van der Waals surface area contributed by atoms with Crippen LogP contribution in [0.15, 0.2) is 30.6 Å². The van der Waals surface area contributed by atoms with Crippen LogP contribution in [0.5, 0.6) is 5.88 Å². The lowest BCUT2D eigenvalue weighted by Gasteiger charge is -2.08. The highest BCUT2D eigenvalue weighted by Crippen LogP contribution is 2.12. The molecule has 0 aliphatic rings. The van der Waals surface area contributed by atoms with Crippen LogP contribution in [-0.2, 0) is 17.8 Å². The van der Waals surface area contributed by atoms with Gasteiger partial charge in [-0.3, -0.25) is 4.98 Å². The predicted octanol–water partition coefficient (Wildman–Crippen LogP) is 2.00. The van der Waals surface area contributed by atoms with Gasteiger partial charge in [-0.25, -0.2) is 4.98 Å². The Morgan fingerprint density at radius 3 is 2.76 bits per heavy atom. The second kappa shape index (κ2) is 8.16. The fraction of sp³-hybridized carbons (Fsp3) is 0.400. The normalized spacial score (nSPS) is 10.5. The number of aromatic nitrogens is 3. The lowest BCUT2D eigenvalue weighted by Crippen LogP contribution is -2.06. The molecule has 0 saturated carbocycles. The van der Waals surface area contributed by atoms with Gasteiger partial charge < -0.3 is 15.2 Å². The summed E-state index contributed by atoms with van der Waals surface area (Å²) in [7, 11) is 0. The van der Waals surface area contributed by atoms with Crippen LogP contribution in [0.2, 0.25) is 0 Å². The van der Waals surface area contributed by atoms with Gasteiger partial charge >= 0.3 is 0 Å². The number of nitrogen functional groups attached to an aromatic ring is 1. The molecule has 6 heteroatoms. The van der Waals surface area contributed by atoms with E-state index in [9.17, 15) is 0 Å². The number of hydrogen-bond acceptors (Lipinski definition) is 6. The summed E-state index contributed by atoms with van der Waals surface area (Å²) in [6.45, 7) is 3.45. The first-order valence-electron chi connectivity index (χ1n) is 7.01. The molecule has 2 heterocycles.